The minimum atomic E-state index is 0.00285. The molecule has 3 aromatic rings. The van der Waals surface area contributed by atoms with E-state index in [0.29, 0.717) is 11.3 Å². The molecule has 1 saturated heterocycles. The van der Waals surface area contributed by atoms with Gasteiger partial charge in [0, 0.05) is 43.2 Å². The van der Waals surface area contributed by atoms with Crippen LogP contribution in [-0.4, -0.2) is 47.0 Å². The molecule has 6 heteroatoms. The summed E-state index contributed by atoms with van der Waals surface area (Å²) in [4.78, 5) is 18.8. The minimum Gasteiger partial charge on any atom is -0.355 e. The molecular formula is C20H21N3O2S. The third kappa shape index (κ3) is 3.71. The summed E-state index contributed by atoms with van der Waals surface area (Å²) >= 11 is 1.79. The molecule has 0 unspecified atom stereocenters. The zero-order chi connectivity index (χ0) is 17.8. The molecule has 1 amide bonds. The molecule has 1 aromatic carbocycles. The molecule has 2 aromatic heterocycles. The van der Waals surface area contributed by atoms with Crippen LogP contribution in [0, 0.1) is 0 Å². The lowest BCUT2D eigenvalue weighted by Gasteiger charge is -2.21. The fourth-order valence-corrected chi connectivity index (χ4v) is 4.06. The van der Waals surface area contributed by atoms with Gasteiger partial charge in [0.05, 0.1) is 6.20 Å². The van der Waals surface area contributed by atoms with E-state index in [2.05, 4.69) is 27.6 Å². The normalized spacial score (nSPS) is 15.8. The van der Waals surface area contributed by atoms with Gasteiger partial charge in [-0.25, -0.2) is 0 Å². The maximum absolute atomic E-state index is 13.0. The van der Waals surface area contributed by atoms with Crippen molar-refractivity contribution >= 4 is 17.2 Å². The Morgan fingerprint density at radius 3 is 2.77 bits per heavy atom. The average Bonchev–Trinajstić information content (AvgIpc) is 3.31. The third-order valence-corrected chi connectivity index (χ3v) is 5.53. The lowest BCUT2D eigenvalue weighted by atomic mass is 10.1. The Morgan fingerprint density at radius 2 is 1.96 bits per heavy atom. The Bertz CT molecular complexity index is 845. The molecule has 3 heterocycles. The smallest absolute Gasteiger partial charge is 0.259 e. The van der Waals surface area contributed by atoms with Crippen molar-refractivity contribution in [1.29, 1.82) is 0 Å². The Kier molecular flexibility index (Phi) is 5.13. The van der Waals surface area contributed by atoms with Gasteiger partial charge in [-0.1, -0.05) is 41.6 Å². The number of nitrogens with zero attached hydrogens (tertiary/aromatic N) is 3. The molecule has 0 aliphatic carbocycles. The Hall–Kier alpha value is -2.44. The van der Waals surface area contributed by atoms with Gasteiger partial charge >= 0.3 is 0 Å². The molecule has 0 radical (unpaired) electrons. The van der Waals surface area contributed by atoms with Crippen molar-refractivity contribution in [2.75, 3.05) is 26.2 Å². The summed E-state index contributed by atoms with van der Waals surface area (Å²) in [6, 6.07) is 13.9. The van der Waals surface area contributed by atoms with Crippen LogP contribution in [0.1, 0.15) is 21.7 Å². The summed E-state index contributed by atoms with van der Waals surface area (Å²) in [5.74, 6) is 0.554. The number of carbonyl (C=O) groups is 1. The van der Waals surface area contributed by atoms with Crippen molar-refractivity contribution in [2.45, 2.75) is 13.0 Å². The predicted octanol–water partition coefficient (Wildman–Crippen LogP) is 3.75. The molecule has 0 spiro atoms. The second kappa shape index (κ2) is 7.85. The number of hydrogen-bond acceptors (Lipinski definition) is 5. The average molecular weight is 367 g/mol. The van der Waals surface area contributed by atoms with Gasteiger partial charge < -0.3 is 9.42 Å². The van der Waals surface area contributed by atoms with E-state index < -0.39 is 0 Å². The van der Waals surface area contributed by atoms with Gasteiger partial charge in [0.1, 0.15) is 5.56 Å². The maximum atomic E-state index is 13.0. The Morgan fingerprint density at radius 1 is 1.08 bits per heavy atom. The summed E-state index contributed by atoms with van der Waals surface area (Å²) in [6.45, 7) is 4.34. The molecule has 1 aliphatic rings. The number of thiophene rings is 1. The molecule has 5 nitrogen and oxygen atoms in total. The Labute approximate surface area is 156 Å². The van der Waals surface area contributed by atoms with Gasteiger partial charge in [-0.3, -0.25) is 9.69 Å². The van der Waals surface area contributed by atoms with Gasteiger partial charge in [0.2, 0.25) is 0 Å². The molecule has 1 fully saturated rings. The van der Waals surface area contributed by atoms with Gasteiger partial charge in [-0.2, -0.15) is 0 Å². The maximum Gasteiger partial charge on any atom is 0.259 e. The Balaban J connectivity index is 1.45. The summed E-state index contributed by atoms with van der Waals surface area (Å²) in [7, 11) is 0. The van der Waals surface area contributed by atoms with Crippen LogP contribution in [0.5, 0.6) is 0 Å². The zero-order valence-electron chi connectivity index (χ0n) is 14.5. The fraction of sp³-hybridized carbons (Fsp3) is 0.300. The first kappa shape index (κ1) is 17.0. The number of carbonyl (C=O) groups excluding carboxylic acids is 1. The molecule has 0 saturated carbocycles. The molecular weight excluding hydrogens is 346 g/mol. The van der Waals surface area contributed by atoms with Crippen LogP contribution in [-0.2, 0) is 6.54 Å². The van der Waals surface area contributed by atoms with E-state index in [1.165, 1.54) is 4.88 Å². The number of aromatic nitrogens is 1. The third-order valence-electron chi connectivity index (χ3n) is 4.67. The zero-order valence-corrected chi connectivity index (χ0v) is 15.3. The van der Waals surface area contributed by atoms with E-state index in [-0.39, 0.29) is 5.91 Å². The van der Waals surface area contributed by atoms with E-state index in [1.54, 1.807) is 17.5 Å². The SMILES string of the molecule is O=C(c1cnoc1-c1ccccc1)N1CCCN(Cc2cccs2)CC1. The highest BCUT2D eigenvalue weighted by Crippen LogP contribution is 2.25. The number of hydrogen-bond donors (Lipinski definition) is 0. The van der Waals surface area contributed by atoms with Crippen LogP contribution in [0.4, 0.5) is 0 Å². The van der Waals surface area contributed by atoms with E-state index in [0.717, 1.165) is 44.7 Å². The van der Waals surface area contributed by atoms with Gasteiger partial charge in [-0.05, 0) is 17.9 Å². The van der Waals surface area contributed by atoms with Crippen LogP contribution in [0.25, 0.3) is 11.3 Å². The van der Waals surface area contributed by atoms with Crippen molar-refractivity contribution in [3.05, 3.63) is 64.5 Å². The van der Waals surface area contributed by atoms with E-state index in [1.807, 2.05) is 35.2 Å². The predicted molar refractivity (Wildman–Crippen MR) is 102 cm³/mol. The quantitative estimate of drug-likeness (QED) is 0.705. The topological polar surface area (TPSA) is 49.6 Å². The van der Waals surface area contributed by atoms with E-state index in [9.17, 15) is 4.79 Å². The lowest BCUT2D eigenvalue weighted by molar-refractivity contribution is 0.0761. The van der Waals surface area contributed by atoms with Crippen molar-refractivity contribution in [3.8, 4) is 11.3 Å². The highest BCUT2D eigenvalue weighted by atomic mass is 32.1. The van der Waals surface area contributed by atoms with Gasteiger partial charge in [0.15, 0.2) is 5.76 Å². The number of amides is 1. The summed E-state index contributed by atoms with van der Waals surface area (Å²) in [6.07, 6.45) is 2.52. The second-order valence-corrected chi connectivity index (χ2v) is 7.47. The molecule has 0 bridgehead atoms. The minimum absolute atomic E-state index is 0.00285. The van der Waals surface area contributed by atoms with Crippen molar-refractivity contribution < 1.29 is 9.32 Å². The summed E-state index contributed by atoms with van der Waals surface area (Å²) < 4.78 is 5.38. The van der Waals surface area contributed by atoms with Gasteiger partial charge in [-0.15, -0.1) is 11.3 Å². The summed E-state index contributed by atoms with van der Waals surface area (Å²) in [5.41, 5.74) is 1.42. The lowest BCUT2D eigenvalue weighted by Crippen LogP contribution is -2.35. The van der Waals surface area contributed by atoms with Crippen LogP contribution in [0.15, 0.2) is 58.6 Å². The first-order valence-electron chi connectivity index (χ1n) is 8.85. The number of benzene rings is 1. The first-order chi connectivity index (χ1) is 12.8. The van der Waals surface area contributed by atoms with Crippen molar-refractivity contribution in [1.82, 2.24) is 15.0 Å². The van der Waals surface area contributed by atoms with Crippen LogP contribution >= 0.6 is 11.3 Å². The highest BCUT2D eigenvalue weighted by molar-refractivity contribution is 7.09. The molecule has 4 rings (SSSR count). The van der Waals surface area contributed by atoms with Crippen LogP contribution < -0.4 is 0 Å². The standard InChI is InChI=1S/C20H21N3O2S/c24-20(18-14-21-25-19(18)16-6-2-1-3-7-16)23-10-5-9-22(11-12-23)15-17-8-4-13-26-17/h1-4,6-8,13-14H,5,9-12,15H2. The van der Waals surface area contributed by atoms with Crippen molar-refractivity contribution in [3.63, 3.8) is 0 Å². The fourth-order valence-electron chi connectivity index (χ4n) is 3.32. The molecule has 0 atom stereocenters. The monoisotopic (exact) mass is 367 g/mol. The van der Waals surface area contributed by atoms with Crippen LogP contribution in [0.2, 0.25) is 0 Å². The molecule has 1 aliphatic heterocycles. The largest absolute Gasteiger partial charge is 0.355 e. The molecule has 134 valence electrons. The van der Waals surface area contributed by atoms with Crippen molar-refractivity contribution in [2.24, 2.45) is 0 Å². The van der Waals surface area contributed by atoms with Crippen LogP contribution in [0.3, 0.4) is 0 Å². The highest BCUT2D eigenvalue weighted by Gasteiger charge is 2.25. The molecule has 0 N–H and O–H groups in total. The molecule has 26 heavy (non-hydrogen) atoms. The summed E-state index contributed by atoms with van der Waals surface area (Å²) in [5, 5.41) is 5.98. The van der Waals surface area contributed by atoms with E-state index in [4.69, 9.17) is 4.52 Å². The second-order valence-electron chi connectivity index (χ2n) is 6.44. The number of rotatable bonds is 4. The first-order valence-corrected chi connectivity index (χ1v) is 9.73. The van der Waals surface area contributed by atoms with Gasteiger partial charge in [0.25, 0.3) is 5.91 Å². The van der Waals surface area contributed by atoms with E-state index >= 15 is 0 Å².